The van der Waals surface area contributed by atoms with E-state index in [0.29, 0.717) is 24.9 Å². The van der Waals surface area contributed by atoms with Gasteiger partial charge in [0.2, 0.25) is 5.91 Å². The lowest BCUT2D eigenvalue weighted by Crippen LogP contribution is -2.48. The van der Waals surface area contributed by atoms with E-state index in [1.807, 2.05) is 11.1 Å². The minimum atomic E-state index is 0.0868. The van der Waals surface area contributed by atoms with Crippen LogP contribution >= 0.6 is 0 Å². The van der Waals surface area contributed by atoms with E-state index in [4.69, 9.17) is 0 Å². The number of hydrogen-bond donors (Lipinski definition) is 3. The summed E-state index contributed by atoms with van der Waals surface area (Å²) in [5, 5.41) is 7.54. The van der Waals surface area contributed by atoms with Gasteiger partial charge >= 0.3 is 6.03 Å². The van der Waals surface area contributed by atoms with E-state index < -0.39 is 0 Å². The molecule has 0 spiro atoms. The average Bonchev–Trinajstić information content (AvgIpc) is 3.17. The molecule has 1 aromatic heterocycles. The number of urea groups is 1. The number of aryl methyl sites for hydroxylation is 1. The third-order valence-corrected chi connectivity index (χ3v) is 6.95. The highest BCUT2D eigenvalue weighted by Gasteiger charge is 2.26. The van der Waals surface area contributed by atoms with Crippen molar-refractivity contribution in [3.63, 3.8) is 0 Å². The molecule has 0 bridgehead atoms. The Morgan fingerprint density at radius 2 is 1.87 bits per heavy atom. The molecule has 1 aromatic carbocycles. The highest BCUT2D eigenvalue weighted by molar-refractivity contribution is 5.84. The number of rotatable bonds is 6. The quantitative estimate of drug-likeness (QED) is 0.647. The summed E-state index contributed by atoms with van der Waals surface area (Å²) < 4.78 is 0. The van der Waals surface area contributed by atoms with Crippen molar-refractivity contribution in [3.05, 3.63) is 35.5 Å². The fraction of sp³-hybridized carbons (Fsp3) is 0.600. The summed E-state index contributed by atoms with van der Waals surface area (Å²) >= 11 is 0. The molecule has 3 N–H and O–H groups in total. The minimum absolute atomic E-state index is 0.0868. The van der Waals surface area contributed by atoms with Gasteiger partial charge in [-0.3, -0.25) is 4.79 Å². The average molecular weight is 425 g/mol. The first-order valence-electron chi connectivity index (χ1n) is 12.0. The van der Waals surface area contributed by atoms with Crippen molar-refractivity contribution >= 4 is 22.8 Å². The van der Waals surface area contributed by atoms with Crippen LogP contribution in [0.1, 0.15) is 62.5 Å². The molecule has 0 unspecified atom stereocenters. The standard InChI is InChI=1S/C25H36N4O2/c1-18-7-8-23-22(15-18)20(17-27-23)9-12-26-24(30)16-19-10-13-29(14-11-19)25(31)28-21-5-3-2-4-6-21/h7-8,15,17,19,21,27H,2-6,9-14,16H2,1H3,(H,26,30)(H,28,31). The number of benzene rings is 1. The van der Waals surface area contributed by atoms with Gasteiger partial charge in [-0.2, -0.15) is 0 Å². The molecule has 168 valence electrons. The topological polar surface area (TPSA) is 77.2 Å². The number of hydrogen-bond acceptors (Lipinski definition) is 2. The lowest BCUT2D eigenvalue weighted by atomic mass is 9.93. The highest BCUT2D eigenvalue weighted by Crippen LogP contribution is 2.23. The first kappa shape index (κ1) is 21.7. The lowest BCUT2D eigenvalue weighted by molar-refractivity contribution is -0.122. The molecular formula is C25H36N4O2. The molecule has 2 fully saturated rings. The maximum atomic E-state index is 12.5. The molecule has 4 rings (SSSR count). The number of H-pyrrole nitrogens is 1. The van der Waals surface area contributed by atoms with Gasteiger partial charge in [-0.25, -0.2) is 4.79 Å². The van der Waals surface area contributed by atoms with Crippen LogP contribution in [0.2, 0.25) is 0 Å². The predicted octanol–water partition coefficient (Wildman–Crippen LogP) is 4.28. The van der Waals surface area contributed by atoms with Crippen LogP contribution in [-0.4, -0.2) is 47.5 Å². The van der Waals surface area contributed by atoms with Crippen molar-refractivity contribution in [3.8, 4) is 0 Å². The van der Waals surface area contributed by atoms with Gasteiger partial charge in [0, 0.05) is 49.2 Å². The monoisotopic (exact) mass is 424 g/mol. The normalized spacial score (nSPS) is 18.3. The summed E-state index contributed by atoms with van der Waals surface area (Å²) in [6.07, 6.45) is 11.2. The van der Waals surface area contributed by atoms with Crippen LogP contribution < -0.4 is 10.6 Å². The Kier molecular flexibility index (Phi) is 7.15. The Morgan fingerprint density at radius 1 is 1.10 bits per heavy atom. The second-order valence-corrected chi connectivity index (χ2v) is 9.38. The molecule has 2 heterocycles. The Morgan fingerprint density at radius 3 is 2.65 bits per heavy atom. The fourth-order valence-electron chi connectivity index (χ4n) is 5.02. The van der Waals surface area contributed by atoms with Crippen molar-refractivity contribution < 1.29 is 9.59 Å². The smallest absolute Gasteiger partial charge is 0.317 e. The number of carbonyl (C=O) groups is 2. The third-order valence-electron chi connectivity index (χ3n) is 6.95. The van der Waals surface area contributed by atoms with Crippen molar-refractivity contribution in [1.82, 2.24) is 20.5 Å². The maximum Gasteiger partial charge on any atom is 0.317 e. The van der Waals surface area contributed by atoms with E-state index in [0.717, 1.165) is 50.7 Å². The number of nitrogens with one attached hydrogen (secondary N) is 3. The van der Waals surface area contributed by atoms with Gasteiger partial charge in [0.25, 0.3) is 0 Å². The van der Waals surface area contributed by atoms with E-state index in [9.17, 15) is 9.59 Å². The molecule has 0 atom stereocenters. The molecule has 2 aliphatic rings. The fourth-order valence-corrected chi connectivity index (χ4v) is 5.02. The van der Waals surface area contributed by atoms with Crippen LogP contribution in [0.4, 0.5) is 4.79 Å². The summed E-state index contributed by atoms with van der Waals surface area (Å²) in [5.41, 5.74) is 3.64. The van der Waals surface area contributed by atoms with E-state index in [2.05, 4.69) is 40.7 Å². The van der Waals surface area contributed by atoms with Crippen LogP contribution in [0.5, 0.6) is 0 Å². The molecule has 1 aliphatic heterocycles. The van der Waals surface area contributed by atoms with Gasteiger partial charge in [-0.15, -0.1) is 0 Å². The molecule has 1 aliphatic carbocycles. The van der Waals surface area contributed by atoms with Gasteiger partial charge < -0.3 is 20.5 Å². The van der Waals surface area contributed by atoms with Crippen molar-refractivity contribution in [2.45, 2.75) is 70.8 Å². The Balaban J connectivity index is 1.15. The molecule has 1 saturated carbocycles. The second kappa shape index (κ2) is 10.2. The SMILES string of the molecule is Cc1ccc2[nH]cc(CCNC(=O)CC3CCN(C(=O)NC4CCCCC4)CC3)c2c1. The number of aromatic nitrogens is 1. The van der Waals surface area contributed by atoms with Crippen molar-refractivity contribution in [1.29, 1.82) is 0 Å². The maximum absolute atomic E-state index is 12.5. The summed E-state index contributed by atoms with van der Waals surface area (Å²) in [6, 6.07) is 6.85. The molecule has 31 heavy (non-hydrogen) atoms. The first-order valence-corrected chi connectivity index (χ1v) is 12.0. The number of likely N-dealkylation sites (tertiary alicyclic amines) is 1. The highest BCUT2D eigenvalue weighted by atomic mass is 16.2. The minimum Gasteiger partial charge on any atom is -0.361 e. The van der Waals surface area contributed by atoms with E-state index >= 15 is 0 Å². The summed E-state index contributed by atoms with van der Waals surface area (Å²) in [7, 11) is 0. The zero-order valence-electron chi connectivity index (χ0n) is 18.7. The predicted molar refractivity (Wildman–Crippen MR) is 124 cm³/mol. The number of carbonyl (C=O) groups excluding carboxylic acids is 2. The van der Waals surface area contributed by atoms with Crippen LogP contribution in [-0.2, 0) is 11.2 Å². The lowest BCUT2D eigenvalue weighted by Gasteiger charge is -2.33. The Bertz CT molecular complexity index is 892. The largest absolute Gasteiger partial charge is 0.361 e. The molecule has 6 heteroatoms. The van der Waals surface area contributed by atoms with E-state index in [-0.39, 0.29) is 11.9 Å². The van der Waals surface area contributed by atoms with Crippen LogP contribution in [0.3, 0.4) is 0 Å². The third kappa shape index (κ3) is 5.81. The number of aromatic amines is 1. The van der Waals surface area contributed by atoms with Gasteiger partial charge in [-0.1, -0.05) is 30.9 Å². The number of piperidine rings is 1. The summed E-state index contributed by atoms with van der Waals surface area (Å²) in [6.45, 7) is 4.27. The van der Waals surface area contributed by atoms with Crippen molar-refractivity contribution in [2.24, 2.45) is 5.92 Å². The molecule has 6 nitrogen and oxygen atoms in total. The van der Waals surface area contributed by atoms with E-state index in [1.165, 1.54) is 35.8 Å². The summed E-state index contributed by atoms with van der Waals surface area (Å²) in [5.74, 6) is 0.496. The van der Waals surface area contributed by atoms with Crippen LogP contribution in [0, 0.1) is 12.8 Å². The Labute approximate surface area is 185 Å². The van der Waals surface area contributed by atoms with Crippen LogP contribution in [0.25, 0.3) is 10.9 Å². The molecular weight excluding hydrogens is 388 g/mol. The number of nitrogens with zero attached hydrogens (tertiary/aromatic N) is 1. The zero-order chi connectivity index (χ0) is 21.6. The zero-order valence-corrected chi connectivity index (χ0v) is 18.7. The summed E-state index contributed by atoms with van der Waals surface area (Å²) in [4.78, 5) is 30.2. The Hall–Kier alpha value is -2.50. The van der Waals surface area contributed by atoms with Gasteiger partial charge in [0.05, 0.1) is 0 Å². The van der Waals surface area contributed by atoms with Gasteiger partial charge in [0.15, 0.2) is 0 Å². The van der Waals surface area contributed by atoms with Gasteiger partial charge in [-0.05, 0) is 62.6 Å². The molecule has 1 saturated heterocycles. The molecule has 3 amide bonds. The molecule has 0 radical (unpaired) electrons. The van der Waals surface area contributed by atoms with Crippen molar-refractivity contribution in [2.75, 3.05) is 19.6 Å². The number of fused-ring (bicyclic) bond motifs is 1. The first-order chi connectivity index (χ1) is 15.1. The molecule has 2 aromatic rings. The van der Waals surface area contributed by atoms with Crippen LogP contribution in [0.15, 0.2) is 24.4 Å². The van der Waals surface area contributed by atoms with E-state index in [1.54, 1.807) is 0 Å². The van der Waals surface area contributed by atoms with Gasteiger partial charge in [0.1, 0.15) is 0 Å². The number of amides is 3. The second-order valence-electron chi connectivity index (χ2n) is 9.38.